The van der Waals surface area contributed by atoms with E-state index in [1.807, 2.05) is 31.2 Å². The van der Waals surface area contributed by atoms with Crippen LogP contribution >= 0.6 is 11.6 Å². The van der Waals surface area contributed by atoms with E-state index in [9.17, 15) is 4.79 Å². The maximum absolute atomic E-state index is 12.3. The molecule has 2 N–H and O–H groups in total. The molecular formula is C16H21ClN2O. The minimum atomic E-state index is 0.00310. The lowest BCUT2D eigenvalue weighted by atomic mass is 9.95. The molecular weight excluding hydrogens is 272 g/mol. The highest BCUT2D eigenvalue weighted by molar-refractivity contribution is 6.30. The fourth-order valence-corrected chi connectivity index (χ4v) is 2.36. The Morgan fingerprint density at radius 3 is 2.30 bits per heavy atom. The summed E-state index contributed by atoms with van der Waals surface area (Å²) in [7, 11) is 0. The molecule has 0 radical (unpaired) electrons. The molecule has 4 heteroatoms. The van der Waals surface area contributed by atoms with Crippen LogP contribution in [0.2, 0.25) is 5.02 Å². The number of hydrogen-bond donors (Lipinski definition) is 2. The average molecular weight is 293 g/mol. The molecule has 0 bridgehead atoms. The Balaban J connectivity index is 2.13. The van der Waals surface area contributed by atoms with Crippen LogP contribution in [-0.4, -0.2) is 19.0 Å². The standard InChI is InChI=1S/C16H21ClN2O/c1-10(2)15(12-4-6-14(17)7-5-12)19-16(20)11(3)13-8-18-9-13/h4-7,10,15,18H,8-9H2,1-3H3,(H,19,20). The maximum Gasteiger partial charge on any atom is 0.247 e. The van der Waals surface area contributed by atoms with Crippen LogP contribution in [0.3, 0.4) is 0 Å². The third-order valence-corrected chi connectivity index (χ3v) is 3.98. The zero-order chi connectivity index (χ0) is 14.7. The molecule has 0 aliphatic carbocycles. The summed E-state index contributed by atoms with van der Waals surface area (Å²) in [6.07, 6.45) is 0. The van der Waals surface area contributed by atoms with E-state index in [-0.39, 0.29) is 11.9 Å². The van der Waals surface area contributed by atoms with Gasteiger partial charge in [-0.3, -0.25) is 4.79 Å². The zero-order valence-electron chi connectivity index (χ0n) is 12.2. The van der Waals surface area contributed by atoms with Gasteiger partial charge in [0.05, 0.1) is 6.04 Å². The van der Waals surface area contributed by atoms with E-state index in [1.54, 1.807) is 0 Å². The van der Waals surface area contributed by atoms with E-state index >= 15 is 0 Å². The lowest BCUT2D eigenvalue weighted by molar-refractivity contribution is -0.118. The molecule has 1 atom stereocenters. The van der Waals surface area contributed by atoms with Crippen molar-refractivity contribution in [2.45, 2.75) is 26.8 Å². The fourth-order valence-electron chi connectivity index (χ4n) is 2.23. The van der Waals surface area contributed by atoms with Gasteiger partial charge in [0.15, 0.2) is 0 Å². The first kappa shape index (κ1) is 15.1. The molecule has 1 heterocycles. The van der Waals surface area contributed by atoms with Crippen molar-refractivity contribution in [1.82, 2.24) is 10.6 Å². The van der Waals surface area contributed by atoms with Gasteiger partial charge in [0.1, 0.15) is 0 Å². The van der Waals surface area contributed by atoms with Crippen LogP contribution in [0, 0.1) is 5.92 Å². The first-order chi connectivity index (χ1) is 9.49. The second-order valence-electron chi connectivity index (χ2n) is 5.58. The van der Waals surface area contributed by atoms with Gasteiger partial charge in [0.25, 0.3) is 0 Å². The van der Waals surface area contributed by atoms with Gasteiger partial charge in [-0.15, -0.1) is 0 Å². The number of carbonyl (C=O) groups excluding carboxylic acids is 1. The summed E-state index contributed by atoms with van der Waals surface area (Å²) in [4.78, 5) is 12.3. The summed E-state index contributed by atoms with van der Waals surface area (Å²) >= 11 is 5.92. The number of halogens is 1. The summed E-state index contributed by atoms with van der Waals surface area (Å²) in [5.74, 6) is 0.340. The number of nitrogens with one attached hydrogen (secondary N) is 2. The minimum absolute atomic E-state index is 0.00310. The normalized spacial score (nSPS) is 15.8. The van der Waals surface area contributed by atoms with E-state index in [2.05, 4.69) is 24.5 Å². The molecule has 20 heavy (non-hydrogen) atoms. The first-order valence-electron chi connectivity index (χ1n) is 6.94. The molecule has 0 aromatic heterocycles. The molecule has 3 nitrogen and oxygen atoms in total. The molecule has 1 unspecified atom stereocenters. The van der Waals surface area contributed by atoms with Crippen LogP contribution < -0.4 is 10.6 Å². The van der Waals surface area contributed by atoms with Gasteiger partial charge in [0, 0.05) is 23.7 Å². The number of hydrogen-bond acceptors (Lipinski definition) is 2. The van der Waals surface area contributed by atoms with Crippen LogP contribution in [0.5, 0.6) is 0 Å². The van der Waals surface area contributed by atoms with Crippen molar-refractivity contribution in [2.75, 3.05) is 13.1 Å². The summed E-state index contributed by atoms with van der Waals surface area (Å²) in [5.41, 5.74) is 3.12. The topological polar surface area (TPSA) is 41.1 Å². The Labute approximate surface area is 125 Å². The van der Waals surface area contributed by atoms with Crippen molar-refractivity contribution >= 4 is 17.5 Å². The Kier molecular flexibility index (Phi) is 4.84. The number of rotatable bonds is 4. The first-order valence-corrected chi connectivity index (χ1v) is 7.32. The van der Waals surface area contributed by atoms with Crippen LogP contribution in [-0.2, 0) is 4.79 Å². The smallest absolute Gasteiger partial charge is 0.247 e. The SMILES string of the molecule is CC(C(=O)NC(c1ccc(Cl)cc1)C(C)C)=C1CNC1. The lowest BCUT2D eigenvalue weighted by Crippen LogP contribution is -2.39. The van der Waals surface area contributed by atoms with E-state index in [1.165, 1.54) is 5.57 Å². The molecule has 1 amide bonds. The Morgan fingerprint density at radius 1 is 1.25 bits per heavy atom. The molecule has 2 rings (SSSR count). The summed E-state index contributed by atoms with van der Waals surface area (Å²) < 4.78 is 0. The van der Waals surface area contributed by atoms with Crippen molar-refractivity contribution in [1.29, 1.82) is 0 Å². The number of benzene rings is 1. The third kappa shape index (κ3) is 3.41. The number of carbonyl (C=O) groups is 1. The molecule has 0 saturated carbocycles. The predicted octanol–water partition coefficient (Wildman–Crippen LogP) is 3.07. The average Bonchev–Trinajstić information content (AvgIpc) is 2.34. The highest BCUT2D eigenvalue weighted by atomic mass is 35.5. The maximum atomic E-state index is 12.3. The Bertz CT molecular complexity index is 514. The van der Waals surface area contributed by atoms with Crippen LogP contribution in [0.4, 0.5) is 0 Å². The fraction of sp³-hybridized carbons (Fsp3) is 0.438. The molecule has 1 saturated heterocycles. The second kappa shape index (κ2) is 6.42. The van der Waals surface area contributed by atoms with Gasteiger partial charge in [-0.2, -0.15) is 0 Å². The van der Waals surface area contributed by atoms with E-state index < -0.39 is 0 Å². The van der Waals surface area contributed by atoms with E-state index in [4.69, 9.17) is 11.6 Å². The predicted molar refractivity (Wildman–Crippen MR) is 82.7 cm³/mol. The van der Waals surface area contributed by atoms with Crippen molar-refractivity contribution < 1.29 is 4.79 Å². The second-order valence-corrected chi connectivity index (χ2v) is 6.02. The molecule has 1 fully saturated rings. The van der Waals surface area contributed by atoms with Crippen LogP contribution in [0.1, 0.15) is 32.4 Å². The summed E-state index contributed by atoms with van der Waals surface area (Å²) in [6.45, 7) is 7.75. The molecule has 0 spiro atoms. The Hall–Kier alpha value is -1.32. The van der Waals surface area contributed by atoms with Crippen molar-refractivity contribution in [2.24, 2.45) is 5.92 Å². The quantitative estimate of drug-likeness (QED) is 0.838. The van der Waals surface area contributed by atoms with E-state index in [0.717, 1.165) is 24.2 Å². The van der Waals surface area contributed by atoms with Crippen molar-refractivity contribution in [3.63, 3.8) is 0 Å². The summed E-state index contributed by atoms with van der Waals surface area (Å²) in [5, 5.41) is 7.00. The molecule has 1 aromatic carbocycles. The van der Waals surface area contributed by atoms with Crippen molar-refractivity contribution in [3.8, 4) is 0 Å². The largest absolute Gasteiger partial charge is 0.345 e. The third-order valence-electron chi connectivity index (χ3n) is 3.73. The molecule has 108 valence electrons. The van der Waals surface area contributed by atoms with Gasteiger partial charge in [-0.25, -0.2) is 0 Å². The molecule has 1 aliphatic heterocycles. The zero-order valence-corrected chi connectivity index (χ0v) is 12.9. The van der Waals surface area contributed by atoms with Crippen LogP contribution in [0.25, 0.3) is 0 Å². The minimum Gasteiger partial charge on any atom is -0.345 e. The van der Waals surface area contributed by atoms with Gasteiger partial charge < -0.3 is 10.6 Å². The van der Waals surface area contributed by atoms with Gasteiger partial charge in [-0.1, -0.05) is 37.6 Å². The van der Waals surface area contributed by atoms with Gasteiger partial charge >= 0.3 is 0 Å². The number of amides is 1. The monoisotopic (exact) mass is 292 g/mol. The highest BCUT2D eigenvalue weighted by Gasteiger charge is 2.21. The Morgan fingerprint density at radius 2 is 1.85 bits per heavy atom. The van der Waals surface area contributed by atoms with Gasteiger partial charge in [0.2, 0.25) is 5.91 Å². The van der Waals surface area contributed by atoms with E-state index in [0.29, 0.717) is 10.9 Å². The van der Waals surface area contributed by atoms with Crippen molar-refractivity contribution in [3.05, 3.63) is 46.0 Å². The summed E-state index contributed by atoms with van der Waals surface area (Å²) in [6, 6.07) is 7.67. The lowest BCUT2D eigenvalue weighted by Gasteiger charge is -2.26. The van der Waals surface area contributed by atoms with Gasteiger partial charge in [-0.05, 0) is 36.1 Å². The van der Waals surface area contributed by atoms with Crippen LogP contribution in [0.15, 0.2) is 35.4 Å². The highest BCUT2D eigenvalue weighted by Crippen LogP contribution is 2.24. The molecule has 1 aliphatic rings. The molecule has 1 aromatic rings.